The molecule has 0 radical (unpaired) electrons. The van der Waals surface area contributed by atoms with Gasteiger partial charge >= 0.3 is 5.97 Å². The number of carboxylic acids is 1. The van der Waals surface area contributed by atoms with Crippen LogP contribution in [-0.2, 0) is 4.79 Å². The highest BCUT2D eigenvalue weighted by molar-refractivity contribution is 5.70. The van der Waals surface area contributed by atoms with Crippen LogP contribution >= 0.6 is 0 Å². The van der Waals surface area contributed by atoms with E-state index in [-0.39, 0.29) is 17.8 Å². The number of nitrogens with one attached hydrogen (secondary N) is 1. The fourth-order valence-corrected chi connectivity index (χ4v) is 2.59. The van der Waals surface area contributed by atoms with Crippen LogP contribution in [-0.4, -0.2) is 23.7 Å². The van der Waals surface area contributed by atoms with Crippen LogP contribution in [0.3, 0.4) is 0 Å². The Morgan fingerprint density at radius 2 is 2.10 bits per heavy atom. The molecule has 0 spiro atoms. The molecule has 0 amide bonds. The molecule has 20 heavy (non-hydrogen) atoms. The van der Waals surface area contributed by atoms with Gasteiger partial charge < -0.3 is 15.2 Å². The molecule has 2 N–H and O–H groups in total. The number of ether oxygens (including phenoxy) is 1. The van der Waals surface area contributed by atoms with Crippen molar-refractivity contribution >= 4 is 11.7 Å². The second-order valence-corrected chi connectivity index (χ2v) is 5.10. The number of anilines is 1. The molecule has 1 aromatic rings. The number of rotatable bonds is 5. The zero-order valence-corrected chi connectivity index (χ0v) is 11.6. The summed E-state index contributed by atoms with van der Waals surface area (Å²) in [6.45, 7) is 2.33. The summed E-state index contributed by atoms with van der Waals surface area (Å²) in [5, 5.41) is 12.3. The number of hydrogen-bond donors (Lipinski definition) is 2. The van der Waals surface area contributed by atoms with Gasteiger partial charge in [-0.25, -0.2) is 4.39 Å². The summed E-state index contributed by atoms with van der Waals surface area (Å²) in [7, 11) is 0. The lowest BCUT2D eigenvalue weighted by molar-refractivity contribution is -0.142. The Kier molecular flexibility index (Phi) is 4.82. The van der Waals surface area contributed by atoms with Crippen LogP contribution in [0.15, 0.2) is 18.2 Å². The van der Waals surface area contributed by atoms with Gasteiger partial charge in [0.1, 0.15) is 11.6 Å². The molecular weight excluding hydrogens is 261 g/mol. The maximum absolute atomic E-state index is 13.2. The van der Waals surface area contributed by atoms with Crippen LogP contribution in [0.2, 0.25) is 0 Å². The van der Waals surface area contributed by atoms with Gasteiger partial charge in [-0.15, -0.1) is 0 Å². The first-order valence-corrected chi connectivity index (χ1v) is 7.01. The van der Waals surface area contributed by atoms with Crippen LogP contribution in [0, 0.1) is 11.7 Å². The summed E-state index contributed by atoms with van der Waals surface area (Å²) in [5.74, 6) is -0.755. The Balaban J connectivity index is 1.99. The molecule has 1 aromatic carbocycles. The summed E-state index contributed by atoms with van der Waals surface area (Å²) >= 11 is 0. The van der Waals surface area contributed by atoms with E-state index in [0.29, 0.717) is 25.2 Å². The molecule has 0 heterocycles. The van der Waals surface area contributed by atoms with Gasteiger partial charge in [-0.2, -0.15) is 0 Å². The molecule has 0 aliphatic heterocycles. The molecule has 110 valence electrons. The van der Waals surface area contributed by atoms with E-state index < -0.39 is 5.97 Å². The van der Waals surface area contributed by atoms with E-state index in [0.717, 1.165) is 18.5 Å². The largest absolute Gasteiger partial charge is 0.492 e. The van der Waals surface area contributed by atoms with Crippen molar-refractivity contribution in [2.45, 2.75) is 38.6 Å². The third-order valence-corrected chi connectivity index (χ3v) is 3.68. The Hall–Kier alpha value is -1.78. The second-order valence-electron chi connectivity index (χ2n) is 5.10. The first kappa shape index (κ1) is 14.6. The van der Waals surface area contributed by atoms with E-state index in [4.69, 9.17) is 9.84 Å². The topological polar surface area (TPSA) is 58.6 Å². The lowest BCUT2D eigenvalue weighted by Crippen LogP contribution is -2.29. The number of halogens is 1. The average Bonchev–Trinajstić information content (AvgIpc) is 2.43. The minimum Gasteiger partial charge on any atom is -0.492 e. The van der Waals surface area contributed by atoms with E-state index in [1.54, 1.807) is 6.07 Å². The highest BCUT2D eigenvalue weighted by atomic mass is 19.1. The number of aliphatic carboxylic acids is 1. The van der Waals surface area contributed by atoms with Crippen LogP contribution in [0.25, 0.3) is 0 Å². The normalized spacial score (nSPS) is 22.3. The minimum absolute atomic E-state index is 0.218. The molecule has 0 atom stereocenters. The fraction of sp³-hybridized carbons (Fsp3) is 0.533. The molecule has 0 saturated heterocycles. The van der Waals surface area contributed by atoms with E-state index >= 15 is 0 Å². The standard InChI is InChI=1S/C15H20FNO3/c1-2-20-14-9-11(16)5-8-13(14)17-12-6-3-10(4-7-12)15(18)19/h5,8-10,12,17H,2-4,6-7H2,1H3,(H,18,19). The molecule has 1 fully saturated rings. The number of hydrogen-bond acceptors (Lipinski definition) is 3. The van der Waals surface area contributed by atoms with Gasteiger partial charge in [-0.1, -0.05) is 0 Å². The average molecular weight is 281 g/mol. The third kappa shape index (κ3) is 3.62. The van der Waals surface area contributed by atoms with Gasteiger partial charge in [0.25, 0.3) is 0 Å². The van der Waals surface area contributed by atoms with E-state index in [9.17, 15) is 9.18 Å². The molecule has 0 bridgehead atoms. The zero-order chi connectivity index (χ0) is 14.5. The van der Waals surface area contributed by atoms with Gasteiger partial charge in [-0.3, -0.25) is 4.79 Å². The second kappa shape index (κ2) is 6.59. The highest BCUT2D eigenvalue weighted by Gasteiger charge is 2.26. The van der Waals surface area contributed by atoms with Crippen molar-refractivity contribution in [1.82, 2.24) is 0 Å². The highest BCUT2D eigenvalue weighted by Crippen LogP contribution is 2.31. The van der Waals surface area contributed by atoms with Crippen LogP contribution < -0.4 is 10.1 Å². The summed E-state index contributed by atoms with van der Waals surface area (Å²) in [6.07, 6.45) is 2.97. The smallest absolute Gasteiger partial charge is 0.306 e. The first-order valence-electron chi connectivity index (χ1n) is 7.01. The number of benzene rings is 1. The fourth-order valence-electron chi connectivity index (χ4n) is 2.59. The van der Waals surface area contributed by atoms with E-state index in [1.807, 2.05) is 6.92 Å². The summed E-state index contributed by atoms with van der Waals surface area (Å²) in [4.78, 5) is 10.9. The summed E-state index contributed by atoms with van der Waals surface area (Å²) < 4.78 is 18.6. The predicted molar refractivity (Wildman–Crippen MR) is 74.6 cm³/mol. The Morgan fingerprint density at radius 1 is 1.40 bits per heavy atom. The van der Waals surface area contributed by atoms with Crippen molar-refractivity contribution < 1.29 is 19.0 Å². The molecule has 1 aliphatic rings. The van der Waals surface area contributed by atoms with Gasteiger partial charge in [0, 0.05) is 12.1 Å². The first-order chi connectivity index (χ1) is 9.60. The Labute approximate surface area is 117 Å². The van der Waals surface area contributed by atoms with Gasteiger partial charge in [0.05, 0.1) is 18.2 Å². The van der Waals surface area contributed by atoms with Crippen molar-refractivity contribution in [1.29, 1.82) is 0 Å². The predicted octanol–water partition coefficient (Wildman–Crippen LogP) is 3.28. The lowest BCUT2D eigenvalue weighted by Gasteiger charge is -2.28. The van der Waals surface area contributed by atoms with Crippen LogP contribution in [0.1, 0.15) is 32.6 Å². The molecule has 5 heteroatoms. The SMILES string of the molecule is CCOc1cc(F)ccc1NC1CCC(C(=O)O)CC1. The molecule has 2 rings (SSSR count). The third-order valence-electron chi connectivity index (χ3n) is 3.68. The number of carboxylic acid groups (broad SMARTS) is 1. The molecule has 1 aliphatic carbocycles. The van der Waals surface area contributed by atoms with Crippen LogP contribution in [0.5, 0.6) is 5.75 Å². The molecule has 0 aromatic heterocycles. The monoisotopic (exact) mass is 281 g/mol. The van der Waals surface area contributed by atoms with Crippen molar-refractivity contribution in [3.8, 4) is 5.75 Å². The van der Waals surface area contributed by atoms with Gasteiger partial charge in [0.2, 0.25) is 0 Å². The van der Waals surface area contributed by atoms with E-state index in [2.05, 4.69) is 5.32 Å². The molecule has 0 unspecified atom stereocenters. The maximum atomic E-state index is 13.2. The Morgan fingerprint density at radius 3 is 2.70 bits per heavy atom. The quantitative estimate of drug-likeness (QED) is 0.869. The van der Waals surface area contributed by atoms with Crippen molar-refractivity contribution in [2.24, 2.45) is 5.92 Å². The number of carbonyl (C=O) groups is 1. The zero-order valence-electron chi connectivity index (χ0n) is 11.6. The summed E-state index contributed by atoms with van der Waals surface area (Å²) in [5.41, 5.74) is 0.770. The lowest BCUT2D eigenvalue weighted by atomic mass is 9.86. The minimum atomic E-state index is -0.708. The molecular formula is C15H20FNO3. The maximum Gasteiger partial charge on any atom is 0.306 e. The van der Waals surface area contributed by atoms with Gasteiger partial charge in [-0.05, 0) is 44.7 Å². The van der Waals surface area contributed by atoms with E-state index in [1.165, 1.54) is 12.1 Å². The Bertz CT molecular complexity index is 470. The molecule has 1 saturated carbocycles. The molecule has 4 nitrogen and oxygen atoms in total. The van der Waals surface area contributed by atoms with Crippen molar-refractivity contribution in [3.05, 3.63) is 24.0 Å². The van der Waals surface area contributed by atoms with Crippen LogP contribution in [0.4, 0.5) is 10.1 Å². The van der Waals surface area contributed by atoms with Crippen molar-refractivity contribution in [2.75, 3.05) is 11.9 Å². The van der Waals surface area contributed by atoms with Crippen molar-refractivity contribution in [3.63, 3.8) is 0 Å². The summed E-state index contributed by atoms with van der Waals surface area (Å²) in [6, 6.07) is 4.65. The van der Waals surface area contributed by atoms with Gasteiger partial charge in [0.15, 0.2) is 0 Å².